The van der Waals surface area contributed by atoms with Gasteiger partial charge in [-0.05, 0) is 36.1 Å². The Kier molecular flexibility index (Phi) is 7.29. The summed E-state index contributed by atoms with van der Waals surface area (Å²) in [5.74, 6) is 0. The van der Waals surface area contributed by atoms with Crippen LogP contribution in [-0.4, -0.2) is 7.11 Å². The van der Waals surface area contributed by atoms with Gasteiger partial charge in [0.05, 0.1) is 0 Å². The molecule has 0 N–H and O–H groups in total. The van der Waals surface area contributed by atoms with Gasteiger partial charge in [0.15, 0.2) is 0 Å². The first-order valence-electron chi connectivity index (χ1n) is 6.65. The lowest BCUT2D eigenvalue weighted by molar-refractivity contribution is 0.130. The fourth-order valence-corrected chi connectivity index (χ4v) is 2.35. The zero-order chi connectivity index (χ0) is 13.4. The predicted octanol–water partition coefficient (Wildman–Crippen LogP) is 5.66. The van der Waals surface area contributed by atoms with Crippen LogP contribution >= 0.6 is 15.9 Å². The third-order valence-electron chi connectivity index (χ3n) is 3.13. The van der Waals surface area contributed by atoms with Gasteiger partial charge in [0.25, 0.3) is 0 Å². The molecule has 0 aliphatic heterocycles. The monoisotopic (exact) mass is 310 g/mol. The third-order valence-corrected chi connectivity index (χ3v) is 3.66. The number of rotatable bonds is 8. The van der Waals surface area contributed by atoms with Crippen LogP contribution < -0.4 is 0 Å². The smallest absolute Gasteiger partial charge is 0.103 e. The zero-order valence-corrected chi connectivity index (χ0v) is 13.0. The van der Waals surface area contributed by atoms with Crippen molar-refractivity contribution < 1.29 is 4.74 Å². The van der Waals surface area contributed by atoms with E-state index in [9.17, 15) is 0 Å². The van der Waals surface area contributed by atoms with Crippen LogP contribution in [0.15, 0.2) is 40.9 Å². The highest BCUT2D eigenvalue weighted by Crippen LogP contribution is 2.28. The Bertz CT molecular complexity index is 356. The van der Waals surface area contributed by atoms with E-state index < -0.39 is 0 Å². The van der Waals surface area contributed by atoms with Crippen LogP contribution in [0.3, 0.4) is 0 Å². The first-order chi connectivity index (χ1) is 8.69. The molecule has 0 saturated carbocycles. The second-order valence-electron chi connectivity index (χ2n) is 4.64. The van der Waals surface area contributed by atoms with E-state index in [1.54, 1.807) is 7.11 Å². The van der Waals surface area contributed by atoms with Crippen molar-refractivity contribution in [2.75, 3.05) is 7.11 Å². The summed E-state index contributed by atoms with van der Waals surface area (Å²) in [7, 11) is 1.75. The normalized spacial score (nSPS) is 12.4. The molecule has 0 fully saturated rings. The fraction of sp³-hybridized carbons (Fsp3) is 0.500. The summed E-state index contributed by atoms with van der Waals surface area (Å²) in [6, 6.07) is 8.28. The highest BCUT2D eigenvalue weighted by molar-refractivity contribution is 9.10. The van der Waals surface area contributed by atoms with Crippen LogP contribution in [0.4, 0.5) is 0 Å². The number of hydrogen-bond donors (Lipinski definition) is 0. The van der Waals surface area contributed by atoms with Gasteiger partial charge in [-0.1, -0.05) is 60.8 Å². The van der Waals surface area contributed by atoms with Crippen LogP contribution in [-0.2, 0) is 4.74 Å². The lowest BCUT2D eigenvalue weighted by Crippen LogP contribution is -2.04. The van der Waals surface area contributed by atoms with E-state index in [0.717, 1.165) is 10.9 Å². The zero-order valence-electron chi connectivity index (χ0n) is 11.4. The molecular formula is C16H23BrO. The summed E-state index contributed by atoms with van der Waals surface area (Å²) in [5, 5.41) is 0. The molecule has 0 aliphatic carbocycles. The maximum absolute atomic E-state index is 5.58. The molecule has 0 spiro atoms. The topological polar surface area (TPSA) is 9.23 Å². The van der Waals surface area contributed by atoms with E-state index in [4.69, 9.17) is 4.74 Å². The number of methoxy groups -OCH3 is 1. The van der Waals surface area contributed by atoms with Gasteiger partial charge >= 0.3 is 0 Å². The molecule has 0 aliphatic rings. The van der Waals surface area contributed by atoms with Gasteiger partial charge in [-0.25, -0.2) is 0 Å². The average Bonchev–Trinajstić information content (AvgIpc) is 2.38. The number of unbranched alkanes of at least 4 members (excludes halogenated alkanes) is 3. The molecule has 1 aromatic rings. The largest absolute Gasteiger partial charge is 0.372 e. The molecule has 1 aromatic carbocycles. The maximum atomic E-state index is 5.58. The Labute approximate surface area is 119 Å². The van der Waals surface area contributed by atoms with E-state index in [1.807, 2.05) is 12.1 Å². The molecule has 0 bridgehead atoms. The minimum atomic E-state index is 0.0275. The SMILES string of the molecule is C=C(CCCCCC)C(OC)c1ccc(Br)cc1. The van der Waals surface area contributed by atoms with E-state index in [0.29, 0.717) is 0 Å². The van der Waals surface area contributed by atoms with Gasteiger partial charge in [0.2, 0.25) is 0 Å². The van der Waals surface area contributed by atoms with Crippen molar-refractivity contribution in [1.29, 1.82) is 0 Å². The molecule has 0 radical (unpaired) electrons. The fourth-order valence-electron chi connectivity index (χ4n) is 2.09. The van der Waals surface area contributed by atoms with E-state index >= 15 is 0 Å². The Morgan fingerprint density at radius 1 is 1.22 bits per heavy atom. The molecular weight excluding hydrogens is 288 g/mol. The van der Waals surface area contributed by atoms with Crippen molar-refractivity contribution in [2.24, 2.45) is 0 Å². The Morgan fingerprint density at radius 2 is 1.89 bits per heavy atom. The van der Waals surface area contributed by atoms with Crippen molar-refractivity contribution in [3.8, 4) is 0 Å². The van der Waals surface area contributed by atoms with Gasteiger partial charge in [-0.15, -0.1) is 0 Å². The first-order valence-corrected chi connectivity index (χ1v) is 7.44. The summed E-state index contributed by atoms with van der Waals surface area (Å²) in [4.78, 5) is 0. The Hall–Kier alpha value is -0.600. The van der Waals surface area contributed by atoms with Crippen molar-refractivity contribution in [3.05, 3.63) is 46.5 Å². The molecule has 0 saturated heterocycles. The van der Waals surface area contributed by atoms with E-state index in [-0.39, 0.29) is 6.10 Å². The quantitative estimate of drug-likeness (QED) is 0.444. The predicted molar refractivity (Wildman–Crippen MR) is 81.8 cm³/mol. The minimum absolute atomic E-state index is 0.0275. The summed E-state index contributed by atoms with van der Waals surface area (Å²) in [5.41, 5.74) is 2.36. The molecule has 1 rings (SSSR count). The van der Waals surface area contributed by atoms with E-state index in [2.05, 4.69) is 41.6 Å². The van der Waals surface area contributed by atoms with Crippen LogP contribution in [0, 0.1) is 0 Å². The van der Waals surface area contributed by atoms with Crippen LogP contribution in [0.1, 0.15) is 50.7 Å². The van der Waals surface area contributed by atoms with Crippen molar-refractivity contribution in [1.82, 2.24) is 0 Å². The summed E-state index contributed by atoms with van der Waals surface area (Å²) >= 11 is 3.45. The first kappa shape index (κ1) is 15.5. The van der Waals surface area contributed by atoms with Crippen molar-refractivity contribution in [2.45, 2.75) is 45.1 Å². The minimum Gasteiger partial charge on any atom is -0.372 e. The summed E-state index contributed by atoms with van der Waals surface area (Å²) < 4.78 is 6.67. The van der Waals surface area contributed by atoms with Gasteiger partial charge in [-0.2, -0.15) is 0 Å². The van der Waals surface area contributed by atoms with Crippen molar-refractivity contribution >= 4 is 15.9 Å². The molecule has 1 unspecified atom stereocenters. The second kappa shape index (κ2) is 8.49. The molecule has 0 aromatic heterocycles. The molecule has 0 heterocycles. The third kappa shape index (κ3) is 4.95. The van der Waals surface area contributed by atoms with Gasteiger partial charge in [-0.3, -0.25) is 0 Å². The Balaban J connectivity index is 2.54. The number of hydrogen-bond acceptors (Lipinski definition) is 1. The number of halogens is 1. The molecule has 1 atom stereocenters. The lowest BCUT2D eigenvalue weighted by Gasteiger charge is -2.18. The number of ether oxygens (including phenoxy) is 1. The lowest BCUT2D eigenvalue weighted by atomic mass is 9.98. The summed E-state index contributed by atoms with van der Waals surface area (Å²) in [6.45, 7) is 6.42. The summed E-state index contributed by atoms with van der Waals surface area (Å²) in [6.07, 6.45) is 6.15. The van der Waals surface area contributed by atoms with Gasteiger partial charge in [0, 0.05) is 11.6 Å². The van der Waals surface area contributed by atoms with Gasteiger partial charge < -0.3 is 4.74 Å². The highest BCUT2D eigenvalue weighted by atomic mass is 79.9. The van der Waals surface area contributed by atoms with E-state index in [1.165, 1.54) is 36.8 Å². The maximum Gasteiger partial charge on any atom is 0.103 e. The average molecular weight is 311 g/mol. The standard InChI is InChI=1S/C16H23BrO/c1-4-5-6-7-8-13(2)16(18-3)14-9-11-15(17)12-10-14/h9-12,16H,2,4-8H2,1,3H3. The molecule has 100 valence electrons. The Morgan fingerprint density at radius 3 is 2.44 bits per heavy atom. The van der Waals surface area contributed by atoms with Crippen LogP contribution in [0.25, 0.3) is 0 Å². The van der Waals surface area contributed by atoms with Gasteiger partial charge in [0.1, 0.15) is 6.10 Å². The van der Waals surface area contributed by atoms with Crippen LogP contribution in [0.2, 0.25) is 0 Å². The highest BCUT2D eigenvalue weighted by Gasteiger charge is 2.13. The molecule has 2 heteroatoms. The molecule has 0 amide bonds. The number of benzene rings is 1. The van der Waals surface area contributed by atoms with Crippen molar-refractivity contribution in [3.63, 3.8) is 0 Å². The second-order valence-corrected chi connectivity index (χ2v) is 5.55. The molecule has 1 nitrogen and oxygen atoms in total. The van der Waals surface area contributed by atoms with Crippen LogP contribution in [0.5, 0.6) is 0 Å². The molecule has 18 heavy (non-hydrogen) atoms.